The van der Waals surface area contributed by atoms with Crippen LogP contribution in [0.4, 0.5) is 5.95 Å². The maximum atomic E-state index is 5.16. The zero-order valence-electron chi connectivity index (χ0n) is 12.9. The summed E-state index contributed by atoms with van der Waals surface area (Å²) in [5.74, 6) is 1.18. The van der Waals surface area contributed by atoms with Crippen LogP contribution in [0.1, 0.15) is 38.5 Å². The van der Waals surface area contributed by atoms with Crippen LogP contribution < -0.4 is 10.1 Å². The molecule has 0 radical (unpaired) electrons. The van der Waals surface area contributed by atoms with E-state index in [0.717, 1.165) is 30.0 Å². The minimum Gasteiger partial charge on any atom is -0.480 e. The van der Waals surface area contributed by atoms with Gasteiger partial charge in [-0.25, -0.2) is 4.98 Å². The van der Waals surface area contributed by atoms with Gasteiger partial charge in [0.15, 0.2) is 0 Å². The SMILES string of the molecule is COc1nc(NCCCN(C)C2CCCCC2)ncc1Br. The van der Waals surface area contributed by atoms with Crippen molar-refractivity contribution in [1.29, 1.82) is 0 Å². The number of hydrogen-bond acceptors (Lipinski definition) is 5. The summed E-state index contributed by atoms with van der Waals surface area (Å²) in [5.41, 5.74) is 0. The quantitative estimate of drug-likeness (QED) is 0.759. The predicted octanol–water partition coefficient (Wildman–Crippen LogP) is 3.31. The van der Waals surface area contributed by atoms with Crippen molar-refractivity contribution < 1.29 is 4.74 Å². The van der Waals surface area contributed by atoms with Crippen molar-refractivity contribution in [2.24, 2.45) is 0 Å². The van der Waals surface area contributed by atoms with Gasteiger partial charge in [0.1, 0.15) is 0 Å². The Balaban J connectivity index is 1.69. The second-order valence-corrected chi connectivity index (χ2v) is 6.46. The van der Waals surface area contributed by atoms with Gasteiger partial charge >= 0.3 is 0 Å². The number of aromatic nitrogens is 2. The molecule has 5 nitrogen and oxygen atoms in total. The Morgan fingerprint density at radius 3 is 2.86 bits per heavy atom. The van der Waals surface area contributed by atoms with Crippen LogP contribution in [0, 0.1) is 0 Å². The van der Waals surface area contributed by atoms with E-state index in [2.05, 4.69) is 43.2 Å². The molecule has 6 heteroatoms. The predicted molar refractivity (Wildman–Crippen MR) is 88.9 cm³/mol. The van der Waals surface area contributed by atoms with Crippen molar-refractivity contribution in [2.75, 3.05) is 32.6 Å². The van der Waals surface area contributed by atoms with Gasteiger partial charge in [-0.2, -0.15) is 4.98 Å². The second kappa shape index (κ2) is 8.54. The maximum Gasteiger partial charge on any atom is 0.232 e. The molecule has 21 heavy (non-hydrogen) atoms. The molecular formula is C15H25BrN4O. The third kappa shape index (κ3) is 5.11. The number of rotatable bonds is 7. The fraction of sp³-hybridized carbons (Fsp3) is 0.733. The molecular weight excluding hydrogens is 332 g/mol. The fourth-order valence-corrected chi connectivity index (χ4v) is 3.17. The number of anilines is 1. The number of methoxy groups -OCH3 is 1. The number of nitrogens with zero attached hydrogens (tertiary/aromatic N) is 3. The highest BCUT2D eigenvalue weighted by molar-refractivity contribution is 9.10. The molecule has 1 heterocycles. The minimum absolute atomic E-state index is 0.562. The monoisotopic (exact) mass is 356 g/mol. The van der Waals surface area contributed by atoms with Gasteiger partial charge in [-0.1, -0.05) is 19.3 Å². The van der Waals surface area contributed by atoms with Crippen molar-refractivity contribution in [3.05, 3.63) is 10.7 Å². The first-order valence-electron chi connectivity index (χ1n) is 7.71. The van der Waals surface area contributed by atoms with E-state index >= 15 is 0 Å². The van der Waals surface area contributed by atoms with Gasteiger partial charge in [-0.05, 0) is 48.8 Å². The molecule has 1 fully saturated rings. The van der Waals surface area contributed by atoms with Crippen molar-refractivity contribution in [3.63, 3.8) is 0 Å². The molecule has 0 unspecified atom stereocenters. The molecule has 0 amide bonds. The topological polar surface area (TPSA) is 50.3 Å². The zero-order chi connectivity index (χ0) is 15.1. The van der Waals surface area contributed by atoms with Crippen LogP contribution in [-0.2, 0) is 0 Å². The highest BCUT2D eigenvalue weighted by Crippen LogP contribution is 2.22. The van der Waals surface area contributed by atoms with E-state index in [1.165, 1.54) is 32.1 Å². The normalized spacial score (nSPS) is 16.2. The minimum atomic E-state index is 0.562. The highest BCUT2D eigenvalue weighted by atomic mass is 79.9. The first-order valence-corrected chi connectivity index (χ1v) is 8.50. The Morgan fingerprint density at radius 2 is 2.14 bits per heavy atom. The van der Waals surface area contributed by atoms with Crippen LogP contribution in [0.2, 0.25) is 0 Å². The van der Waals surface area contributed by atoms with Crippen LogP contribution in [0.3, 0.4) is 0 Å². The molecule has 0 saturated heterocycles. The third-order valence-corrected chi connectivity index (χ3v) is 4.62. The largest absolute Gasteiger partial charge is 0.480 e. The lowest BCUT2D eigenvalue weighted by Crippen LogP contribution is -2.34. The average molecular weight is 357 g/mol. The number of ether oxygens (including phenoxy) is 1. The van der Waals surface area contributed by atoms with Crippen LogP contribution in [0.25, 0.3) is 0 Å². The summed E-state index contributed by atoms with van der Waals surface area (Å²) in [6, 6.07) is 0.780. The first kappa shape index (κ1) is 16.5. The zero-order valence-corrected chi connectivity index (χ0v) is 14.5. The Morgan fingerprint density at radius 1 is 1.38 bits per heavy atom. The molecule has 0 aromatic carbocycles. The van der Waals surface area contributed by atoms with E-state index in [0.29, 0.717) is 11.8 Å². The van der Waals surface area contributed by atoms with Gasteiger partial charge < -0.3 is 15.0 Å². The Bertz CT molecular complexity index is 438. The Hall–Kier alpha value is -0.880. The van der Waals surface area contributed by atoms with Crippen molar-refractivity contribution in [1.82, 2.24) is 14.9 Å². The summed E-state index contributed by atoms with van der Waals surface area (Å²) in [6.07, 6.45) is 9.71. The van der Waals surface area contributed by atoms with Crippen LogP contribution in [0.5, 0.6) is 5.88 Å². The molecule has 1 aliphatic rings. The van der Waals surface area contributed by atoms with E-state index in [9.17, 15) is 0 Å². The maximum absolute atomic E-state index is 5.16. The third-order valence-electron chi connectivity index (χ3n) is 4.07. The van der Waals surface area contributed by atoms with E-state index in [-0.39, 0.29) is 0 Å². The molecule has 2 rings (SSSR count). The molecule has 118 valence electrons. The summed E-state index contributed by atoms with van der Waals surface area (Å²) in [4.78, 5) is 11.0. The van der Waals surface area contributed by atoms with Gasteiger partial charge in [0.25, 0.3) is 0 Å². The van der Waals surface area contributed by atoms with E-state index < -0.39 is 0 Å². The Kier molecular flexibility index (Phi) is 6.70. The summed E-state index contributed by atoms with van der Waals surface area (Å²) >= 11 is 3.35. The molecule has 0 spiro atoms. The molecule has 0 bridgehead atoms. The van der Waals surface area contributed by atoms with Gasteiger partial charge in [0, 0.05) is 12.6 Å². The van der Waals surface area contributed by atoms with E-state index in [1.807, 2.05) is 0 Å². The lowest BCUT2D eigenvalue weighted by molar-refractivity contribution is 0.191. The van der Waals surface area contributed by atoms with E-state index in [4.69, 9.17) is 4.74 Å². The van der Waals surface area contributed by atoms with Gasteiger partial charge in [-0.3, -0.25) is 0 Å². The molecule has 1 saturated carbocycles. The van der Waals surface area contributed by atoms with Gasteiger partial charge in [0.05, 0.1) is 17.8 Å². The molecule has 0 atom stereocenters. The Labute approximate surface area is 135 Å². The summed E-state index contributed by atoms with van der Waals surface area (Å²) in [5, 5.41) is 3.26. The second-order valence-electron chi connectivity index (χ2n) is 5.60. The molecule has 1 aromatic rings. The lowest BCUT2D eigenvalue weighted by Gasteiger charge is -2.31. The highest BCUT2D eigenvalue weighted by Gasteiger charge is 2.17. The summed E-state index contributed by atoms with van der Waals surface area (Å²) in [7, 11) is 3.85. The average Bonchev–Trinajstić information content (AvgIpc) is 2.53. The van der Waals surface area contributed by atoms with Crippen molar-refractivity contribution in [2.45, 2.75) is 44.6 Å². The van der Waals surface area contributed by atoms with Crippen LogP contribution >= 0.6 is 15.9 Å². The molecule has 0 aliphatic heterocycles. The summed E-state index contributed by atoms with van der Waals surface area (Å²) < 4.78 is 5.93. The van der Waals surface area contributed by atoms with Crippen LogP contribution in [0.15, 0.2) is 10.7 Å². The summed E-state index contributed by atoms with van der Waals surface area (Å²) in [6.45, 7) is 1.99. The first-order chi connectivity index (χ1) is 10.2. The number of nitrogens with one attached hydrogen (secondary N) is 1. The number of halogens is 1. The van der Waals surface area contributed by atoms with Crippen molar-refractivity contribution in [3.8, 4) is 5.88 Å². The smallest absolute Gasteiger partial charge is 0.232 e. The lowest BCUT2D eigenvalue weighted by atomic mass is 9.94. The van der Waals surface area contributed by atoms with Crippen molar-refractivity contribution >= 4 is 21.9 Å². The van der Waals surface area contributed by atoms with Crippen LogP contribution in [-0.4, -0.2) is 48.2 Å². The van der Waals surface area contributed by atoms with E-state index in [1.54, 1.807) is 13.3 Å². The van der Waals surface area contributed by atoms with Gasteiger partial charge in [0.2, 0.25) is 11.8 Å². The molecule has 1 aliphatic carbocycles. The molecule has 1 N–H and O–H groups in total. The fourth-order valence-electron chi connectivity index (χ4n) is 2.81. The molecule has 1 aromatic heterocycles. The number of hydrogen-bond donors (Lipinski definition) is 1. The standard InChI is InChI=1S/C15H25BrN4O/c1-20(12-7-4-3-5-8-12)10-6-9-17-15-18-11-13(16)14(19-15)21-2/h11-12H,3-10H2,1-2H3,(H,17,18,19). The van der Waals surface area contributed by atoms with Gasteiger partial charge in [-0.15, -0.1) is 0 Å².